The number of thiazole rings is 1. The van der Waals surface area contributed by atoms with Crippen LogP contribution >= 0.6 is 11.3 Å². The summed E-state index contributed by atoms with van der Waals surface area (Å²) in [6.07, 6.45) is 5.05. The van der Waals surface area contributed by atoms with Gasteiger partial charge >= 0.3 is 0 Å². The van der Waals surface area contributed by atoms with Crippen LogP contribution in [0.5, 0.6) is 0 Å². The van der Waals surface area contributed by atoms with Gasteiger partial charge in [-0.3, -0.25) is 4.79 Å². The largest absolute Gasteiger partial charge is 0.351 e. The topological polar surface area (TPSA) is 107 Å². The maximum absolute atomic E-state index is 12.5. The summed E-state index contributed by atoms with van der Waals surface area (Å²) in [6.45, 7) is 2.41. The van der Waals surface area contributed by atoms with Gasteiger partial charge in [0.15, 0.2) is 5.13 Å². The second-order valence-corrected chi connectivity index (χ2v) is 8.45. The van der Waals surface area contributed by atoms with E-state index < -0.39 is 10.0 Å². The lowest BCUT2D eigenvalue weighted by Gasteiger charge is -2.05. The van der Waals surface area contributed by atoms with Crippen molar-refractivity contribution in [3.63, 3.8) is 0 Å². The second kappa shape index (κ2) is 8.03. The molecule has 7 nitrogen and oxygen atoms in total. The van der Waals surface area contributed by atoms with Crippen LogP contribution < -0.4 is 10.5 Å². The smallest absolute Gasteiger partial charge is 0.263 e. The van der Waals surface area contributed by atoms with Gasteiger partial charge in [0, 0.05) is 18.9 Å². The van der Waals surface area contributed by atoms with E-state index in [1.165, 1.54) is 23.5 Å². The number of primary sulfonamides is 1. The van der Waals surface area contributed by atoms with Crippen molar-refractivity contribution in [3.05, 3.63) is 64.9 Å². The number of nitrogens with one attached hydrogen (secondary N) is 1. The predicted octanol–water partition coefficient (Wildman–Crippen LogP) is 2.12. The molecule has 9 heteroatoms. The van der Waals surface area contributed by atoms with Crippen LogP contribution in [0.1, 0.15) is 27.9 Å². The number of aromatic nitrogens is 2. The molecule has 27 heavy (non-hydrogen) atoms. The molecule has 0 aliphatic carbocycles. The van der Waals surface area contributed by atoms with E-state index in [1.54, 1.807) is 12.1 Å². The number of benzene rings is 1. The van der Waals surface area contributed by atoms with E-state index in [1.807, 2.05) is 36.0 Å². The highest BCUT2D eigenvalue weighted by atomic mass is 32.2. The molecular weight excluding hydrogens is 384 g/mol. The maximum Gasteiger partial charge on any atom is 0.263 e. The summed E-state index contributed by atoms with van der Waals surface area (Å²) in [4.78, 5) is 17.8. The van der Waals surface area contributed by atoms with E-state index in [9.17, 15) is 13.2 Å². The van der Waals surface area contributed by atoms with E-state index in [2.05, 4.69) is 10.3 Å². The first-order valence-electron chi connectivity index (χ1n) is 8.41. The summed E-state index contributed by atoms with van der Waals surface area (Å²) < 4.78 is 24.4. The first-order chi connectivity index (χ1) is 12.9. The van der Waals surface area contributed by atoms with Crippen LogP contribution in [-0.2, 0) is 22.9 Å². The van der Waals surface area contributed by atoms with Crippen molar-refractivity contribution in [1.29, 1.82) is 0 Å². The molecule has 3 aromatic rings. The predicted molar refractivity (Wildman–Crippen MR) is 105 cm³/mol. The second-order valence-electron chi connectivity index (χ2n) is 5.91. The zero-order chi connectivity index (χ0) is 19.4. The van der Waals surface area contributed by atoms with Crippen molar-refractivity contribution in [3.8, 4) is 5.13 Å². The van der Waals surface area contributed by atoms with Crippen molar-refractivity contribution >= 4 is 27.3 Å². The fourth-order valence-corrected chi connectivity index (χ4v) is 4.13. The van der Waals surface area contributed by atoms with Gasteiger partial charge in [-0.2, -0.15) is 0 Å². The highest BCUT2D eigenvalue weighted by Crippen LogP contribution is 2.22. The van der Waals surface area contributed by atoms with E-state index in [0.29, 0.717) is 24.3 Å². The lowest BCUT2D eigenvalue weighted by molar-refractivity contribution is 0.0957. The summed E-state index contributed by atoms with van der Waals surface area (Å²) in [5.41, 5.74) is 1.69. The van der Waals surface area contributed by atoms with Crippen LogP contribution in [0.3, 0.4) is 0 Å². The molecule has 0 unspecified atom stereocenters. The summed E-state index contributed by atoms with van der Waals surface area (Å²) in [5.74, 6) is -0.149. The summed E-state index contributed by atoms with van der Waals surface area (Å²) >= 11 is 1.36. The fraction of sp³-hybridized carbons (Fsp3) is 0.222. The number of hydrogen-bond acceptors (Lipinski definition) is 5. The highest BCUT2D eigenvalue weighted by Gasteiger charge is 2.17. The van der Waals surface area contributed by atoms with E-state index >= 15 is 0 Å². The Bertz CT molecular complexity index is 1020. The molecule has 0 saturated carbocycles. The lowest BCUT2D eigenvalue weighted by atomic mass is 10.1. The third-order valence-electron chi connectivity index (χ3n) is 4.00. The van der Waals surface area contributed by atoms with Gasteiger partial charge in [0.05, 0.1) is 10.6 Å². The molecule has 3 N–H and O–H groups in total. The molecule has 0 radical (unpaired) electrons. The standard InChI is InChI=1S/C18H20N4O3S2/c1-2-15-16(26-18(21-15)22-11-3-4-12-22)17(23)20-10-9-13-5-7-14(8-6-13)27(19,24)25/h3-8,11-12H,2,9-10H2,1H3,(H,20,23)(H2,19,24,25). The summed E-state index contributed by atoms with van der Waals surface area (Å²) in [6, 6.07) is 10.1. The molecule has 0 aliphatic heterocycles. The molecule has 0 aliphatic rings. The van der Waals surface area contributed by atoms with Gasteiger partial charge in [0.1, 0.15) is 4.88 Å². The minimum atomic E-state index is -3.69. The molecule has 1 amide bonds. The Labute approximate surface area is 161 Å². The Kier molecular flexibility index (Phi) is 5.73. The average Bonchev–Trinajstić information content (AvgIpc) is 3.30. The molecule has 0 bridgehead atoms. The number of hydrogen-bond donors (Lipinski definition) is 2. The monoisotopic (exact) mass is 404 g/mol. The van der Waals surface area contributed by atoms with Crippen LogP contribution in [0.25, 0.3) is 5.13 Å². The summed E-state index contributed by atoms with van der Waals surface area (Å²) in [5, 5.41) is 8.75. The minimum absolute atomic E-state index is 0.0741. The van der Waals surface area contributed by atoms with Gasteiger partial charge in [0.2, 0.25) is 10.0 Å². The van der Waals surface area contributed by atoms with Crippen LogP contribution in [-0.4, -0.2) is 30.4 Å². The maximum atomic E-state index is 12.5. The van der Waals surface area contributed by atoms with Crippen molar-refractivity contribution in [1.82, 2.24) is 14.9 Å². The number of aryl methyl sites for hydroxylation is 1. The Morgan fingerprint density at radius 3 is 2.48 bits per heavy atom. The SMILES string of the molecule is CCc1nc(-n2cccc2)sc1C(=O)NCCc1ccc(S(N)(=O)=O)cc1. The van der Waals surface area contributed by atoms with Gasteiger partial charge in [-0.05, 0) is 42.7 Å². The zero-order valence-corrected chi connectivity index (χ0v) is 16.4. The molecule has 2 heterocycles. The molecule has 3 rings (SSSR count). The van der Waals surface area contributed by atoms with Crippen LogP contribution in [0.4, 0.5) is 0 Å². The van der Waals surface area contributed by atoms with Gasteiger partial charge in [0.25, 0.3) is 5.91 Å². The Morgan fingerprint density at radius 2 is 1.89 bits per heavy atom. The summed E-state index contributed by atoms with van der Waals surface area (Å²) in [7, 11) is -3.69. The van der Waals surface area contributed by atoms with E-state index in [0.717, 1.165) is 16.4 Å². The quantitative estimate of drug-likeness (QED) is 0.629. The molecule has 0 fully saturated rings. The third-order valence-corrected chi connectivity index (χ3v) is 6.04. The van der Waals surface area contributed by atoms with Gasteiger partial charge in [-0.15, -0.1) is 0 Å². The fourth-order valence-electron chi connectivity index (χ4n) is 2.58. The molecule has 142 valence electrons. The van der Waals surface area contributed by atoms with Gasteiger partial charge in [-0.25, -0.2) is 18.5 Å². The van der Waals surface area contributed by atoms with Crippen molar-refractivity contribution in [2.45, 2.75) is 24.7 Å². The van der Waals surface area contributed by atoms with Crippen molar-refractivity contribution < 1.29 is 13.2 Å². The van der Waals surface area contributed by atoms with E-state index in [4.69, 9.17) is 5.14 Å². The molecular formula is C18H20N4O3S2. The molecule has 0 atom stereocenters. The number of nitrogens with zero attached hydrogens (tertiary/aromatic N) is 2. The Balaban J connectivity index is 1.63. The number of nitrogens with two attached hydrogens (primary N) is 1. The first kappa shape index (κ1) is 19.3. The third kappa shape index (κ3) is 4.62. The van der Waals surface area contributed by atoms with Gasteiger partial charge in [-0.1, -0.05) is 30.4 Å². The number of carbonyl (C=O) groups is 1. The minimum Gasteiger partial charge on any atom is -0.351 e. The number of rotatable bonds is 7. The molecule has 2 aromatic heterocycles. The number of sulfonamides is 1. The Hall–Kier alpha value is -2.49. The zero-order valence-electron chi connectivity index (χ0n) is 14.8. The molecule has 1 aromatic carbocycles. The van der Waals surface area contributed by atoms with Crippen molar-refractivity contribution in [2.24, 2.45) is 5.14 Å². The van der Waals surface area contributed by atoms with Crippen LogP contribution in [0.15, 0.2) is 53.7 Å². The Morgan fingerprint density at radius 1 is 1.22 bits per heavy atom. The molecule has 0 spiro atoms. The van der Waals surface area contributed by atoms with Crippen LogP contribution in [0.2, 0.25) is 0 Å². The number of carbonyl (C=O) groups excluding carboxylic acids is 1. The van der Waals surface area contributed by atoms with Crippen LogP contribution in [0, 0.1) is 0 Å². The average molecular weight is 405 g/mol. The lowest BCUT2D eigenvalue weighted by Crippen LogP contribution is -2.25. The van der Waals surface area contributed by atoms with Crippen molar-refractivity contribution in [2.75, 3.05) is 6.54 Å². The molecule has 0 saturated heterocycles. The van der Waals surface area contributed by atoms with Gasteiger partial charge < -0.3 is 9.88 Å². The number of amides is 1. The highest BCUT2D eigenvalue weighted by molar-refractivity contribution is 7.89. The first-order valence-corrected chi connectivity index (χ1v) is 10.8. The van der Waals surface area contributed by atoms with E-state index in [-0.39, 0.29) is 10.8 Å². The normalized spacial score (nSPS) is 11.5.